The van der Waals surface area contributed by atoms with E-state index in [0.29, 0.717) is 19.3 Å². The molecule has 0 bridgehead atoms. The zero-order valence-electron chi connectivity index (χ0n) is 28.6. The second-order valence-electron chi connectivity index (χ2n) is 12.9. The number of hydrogen-bond acceptors (Lipinski definition) is 7. The van der Waals surface area contributed by atoms with Gasteiger partial charge in [0.1, 0.15) is 19.3 Å². The van der Waals surface area contributed by atoms with Crippen LogP contribution < -0.4 is 0 Å². The fourth-order valence-electron chi connectivity index (χ4n) is 5.40. The van der Waals surface area contributed by atoms with Crippen LogP contribution in [0.2, 0.25) is 0 Å². The molecule has 0 heterocycles. The molecule has 7 heteroatoms. The molecular weight excluding hydrogens is 568 g/mol. The lowest BCUT2D eigenvalue weighted by Gasteiger charge is -2.13. The summed E-state index contributed by atoms with van der Waals surface area (Å²) in [6, 6.07) is 0. The molecule has 0 amide bonds. The maximum absolute atomic E-state index is 12.2. The maximum atomic E-state index is 12.2. The van der Waals surface area contributed by atoms with E-state index in [2.05, 4.69) is 20.8 Å². The van der Waals surface area contributed by atoms with Crippen molar-refractivity contribution >= 4 is 17.7 Å². The number of allylic oxidation sites excluding steroid dienone is 5. The number of ether oxygens (including phenoxy) is 2. The van der Waals surface area contributed by atoms with Crippen LogP contribution in [0.3, 0.4) is 0 Å². The number of esters is 2. The lowest BCUT2D eigenvalue weighted by Crippen LogP contribution is -2.25. The molecule has 7 nitrogen and oxygen atoms in total. The number of rotatable bonds is 28. The summed E-state index contributed by atoms with van der Waals surface area (Å²) in [5.74, 6) is 0.0515. The van der Waals surface area contributed by atoms with Gasteiger partial charge >= 0.3 is 11.9 Å². The van der Waals surface area contributed by atoms with Gasteiger partial charge < -0.3 is 19.7 Å². The van der Waals surface area contributed by atoms with Gasteiger partial charge in [0.2, 0.25) is 0 Å². The van der Waals surface area contributed by atoms with Gasteiger partial charge in [-0.2, -0.15) is 0 Å². The first-order chi connectivity index (χ1) is 21.8. The molecule has 0 spiro atoms. The molecule has 2 N–H and O–H groups in total. The quantitative estimate of drug-likeness (QED) is 0.0507. The second kappa shape index (κ2) is 26.9. The first-order valence-electron chi connectivity index (χ1n) is 18.0. The monoisotopic (exact) mass is 632 g/mol. The van der Waals surface area contributed by atoms with E-state index in [9.17, 15) is 24.6 Å². The van der Waals surface area contributed by atoms with Crippen molar-refractivity contribution in [1.82, 2.24) is 0 Å². The van der Waals surface area contributed by atoms with Crippen molar-refractivity contribution in [3.63, 3.8) is 0 Å². The minimum atomic E-state index is -1.03. The van der Waals surface area contributed by atoms with Crippen LogP contribution in [0.5, 0.6) is 0 Å². The molecule has 5 atom stereocenters. The lowest BCUT2D eigenvalue weighted by molar-refractivity contribution is -0.152. The maximum Gasteiger partial charge on any atom is 0.305 e. The van der Waals surface area contributed by atoms with Crippen LogP contribution in [0.15, 0.2) is 36.5 Å². The predicted octanol–water partition coefficient (Wildman–Crippen LogP) is 8.37. The van der Waals surface area contributed by atoms with Crippen molar-refractivity contribution in [3.8, 4) is 0 Å². The van der Waals surface area contributed by atoms with E-state index in [0.717, 1.165) is 57.3 Å². The van der Waals surface area contributed by atoms with Crippen LogP contribution in [0.25, 0.3) is 0 Å². The van der Waals surface area contributed by atoms with Crippen LogP contribution in [-0.2, 0) is 23.9 Å². The Labute approximate surface area is 273 Å². The van der Waals surface area contributed by atoms with E-state index in [1.54, 1.807) is 12.2 Å². The molecule has 0 aliphatic heterocycles. The Morgan fingerprint density at radius 3 is 2.07 bits per heavy atom. The molecule has 1 unspecified atom stereocenters. The summed E-state index contributed by atoms with van der Waals surface area (Å²) in [5.41, 5.74) is 0. The van der Waals surface area contributed by atoms with Crippen molar-refractivity contribution in [2.75, 3.05) is 13.2 Å². The summed E-state index contributed by atoms with van der Waals surface area (Å²) < 4.78 is 10.3. The Balaban J connectivity index is 2.05. The van der Waals surface area contributed by atoms with Crippen molar-refractivity contribution in [3.05, 3.63) is 36.5 Å². The van der Waals surface area contributed by atoms with Crippen LogP contribution in [0.4, 0.5) is 0 Å². The summed E-state index contributed by atoms with van der Waals surface area (Å²) in [7, 11) is 0. The molecule has 1 aliphatic carbocycles. The third-order valence-corrected chi connectivity index (χ3v) is 8.67. The molecule has 0 radical (unpaired) electrons. The Bertz CT molecular complexity index is 877. The van der Waals surface area contributed by atoms with Gasteiger partial charge in [-0.25, -0.2) is 0 Å². The Hall–Kier alpha value is -2.25. The van der Waals surface area contributed by atoms with E-state index in [1.165, 1.54) is 44.9 Å². The van der Waals surface area contributed by atoms with E-state index in [1.807, 2.05) is 24.3 Å². The number of carbonyl (C=O) groups excluding carboxylic acids is 3. The topological polar surface area (TPSA) is 110 Å². The first-order valence-corrected chi connectivity index (χ1v) is 18.0. The molecule has 45 heavy (non-hydrogen) atoms. The van der Waals surface area contributed by atoms with Crippen LogP contribution >= 0.6 is 0 Å². The molecule has 1 aliphatic rings. The third kappa shape index (κ3) is 22.0. The average Bonchev–Trinajstić information content (AvgIpc) is 3.38. The van der Waals surface area contributed by atoms with Gasteiger partial charge in [0, 0.05) is 18.8 Å². The van der Waals surface area contributed by atoms with Gasteiger partial charge in [-0.3, -0.25) is 14.4 Å². The van der Waals surface area contributed by atoms with Crippen LogP contribution in [0.1, 0.15) is 143 Å². The molecule has 0 aromatic heterocycles. The summed E-state index contributed by atoms with van der Waals surface area (Å²) in [6.45, 7) is 6.35. The normalized spacial score (nSPS) is 18.6. The highest BCUT2D eigenvalue weighted by atomic mass is 16.6. The SMILES string of the molecule is CCCCC[C@H](O)/C=C/[C@H]1C(=O)C=C[C@@H]1C/C=C\CCCC(=O)OC[C@H](O)COC(=O)CCCCCCCCCCC(C)CC. The number of hydrogen-bond donors (Lipinski definition) is 2. The number of unbranched alkanes of at least 4 members (excludes halogenated alkanes) is 10. The summed E-state index contributed by atoms with van der Waals surface area (Å²) in [5, 5.41) is 20.1. The smallest absolute Gasteiger partial charge is 0.305 e. The van der Waals surface area contributed by atoms with Crippen LogP contribution in [-0.4, -0.2) is 53.4 Å². The minimum absolute atomic E-state index is 0.0734. The van der Waals surface area contributed by atoms with E-state index in [-0.39, 0.29) is 43.2 Å². The molecule has 0 saturated heterocycles. The first kappa shape index (κ1) is 40.8. The average molecular weight is 633 g/mol. The van der Waals surface area contributed by atoms with Crippen molar-refractivity contribution in [2.45, 2.75) is 155 Å². The van der Waals surface area contributed by atoms with Gasteiger partial charge in [0.25, 0.3) is 0 Å². The van der Waals surface area contributed by atoms with Gasteiger partial charge in [-0.05, 0) is 50.0 Å². The zero-order valence-corrected chi connectivity index (χ0v) is 28.6. The molecule has 0 saturated carbocycles. The lowest BCUT2D eigenvalue weighted by atomic mass is 9.90. The fraction of sp³-hybridized carbons (Fsp3) is 0.763. The summed E-state index contributed by atoms with van der Waals surface area (Å²) in [6.07, 6.45) is 28.2. The van der Waals surface area contributed by atoms with E-state index < -0.39 is 18.2 Å². The second-order valence-corrected chi connectivity index (χ2v) is 12.9. The third-order valence-electron chi connectivity index (χ3n) is 8.67. The Kier molecular flexibility index (Phi) is 24.4. The van der Waals surface area contributed by atoms with Crippen molar-refractivity contribution in [2.24, 2.45) is 17.8 Å². The largest absolute Gasteiger partial charge is 0.463 e. The standard InChI is InChI=1S/C38H64O7/c1-4-6-15-22-33(39)26-27-35-32(25-28-36(35)41)21-17-13-14-19-24-38(43)45-30-34(40)29-44-37(42)23-18-12-10-8-7-9-11-16-20-31(3)5-2/h13,17,25-28,31-35,39-40H,4-12,14-16,18-24,29-30H2,1-3H3/b17-13-,27-26+/t31?,32-,33-,34+,35+/m0/s1. The molecule has 258 valence electrons. The molecule has 0 aromatic carbocycles. The van der Waals surface area contributed by atoms with Gasteiger partial charge in [0.05, 0.1) is 6.10 Å². The highest BCUT2D eigenvalue weighted by Gasteiger charge is 2.26. The van der Waals surface area contributed by atoms with Gasteiger partial charge in [-0.15, -0.1) is 0 Å². The highest BCUT2D eigenvalue weighted by Crippen LogP contribution is 2.27. The minimum Gasteiger partial charge on any atom is -0.463 e. The number of aliphatic hydroxyl groups is 2. The van der Waals surface area contributed by atoms with E-state index in [4.69, 9.17) is 9.47 Å². The van der Waals surface area contributed by atoms with Gasteiger partial charge in [0.15, 0.2) is 5.78 Å². The summed E-state index contributed by atoms with van der Waals surface area (Å²) in [4.78, 5) is 36.2. The van der Waals surface area contributed by atoms with E-state index >= 15 is 0 Å². The molecule has 0 fully saturated rings. The number of carbonyl (C=O) groups is 3. The zero-order chi connectivity index (χ0) is 33.1. The molecule has 0 aromatic rings. The molecular formula is C38H64O7. The summed E-state index contributed by atoms with van der Waals surface area (Å²) >= 11 is 0. The fourth-order valence-corrected chi connectivity index (χ4v) is 5.40. The number of ketones is 1. The van der Waals surface area contributed by atoms with Crippen molar-refractivity contribution < 1.29 is 34.1 Å². The molecule has 1 rings (SSSR count). The number of aliphatic hydroxyl groups excluding tert-OH is 2. The van der Waals surface area contributed by atoms with Crippen LogP contribution in [0, 0.1) is 17.8 Å². The predicted molar refractivity (Wildman–Crippen MR) is 182 cm³/mol. The Morgan fingerprint density at radius 2 is 1.42 bits per heavy atom. The van der Waals surface area contributed by atoms with Gasteiger partial charge in [-0.1, -0.05) is 128 Å². The highest BCUT2D eigenvalue weighted by molar-refractivity contribution is 5.95. The van der Waals surface area contributed by atoms with Crippen molar-refractivity contribution in [1.29, 1.82) is 0 Å². The Morgan fingerprint density at radius 1 is 0.822 bits per heavy atom.